The Hall–Kier alpha value is -2.76. The molecule has 0 radical (unpaired) electrons. The number of alkyl halides is 1. The molecule has 3 aromatic carbocycles. The normalized spacial score (nSPS) is 17.6. The van der Waals surface area contributed by atoms with Gasteiger partial charge in [-0.1, -0.05) is 37.6 Å². The minimum Gasteiger partial charge on any atom is -0.251 e. The standard InChI is InChI=1S/C17H25F.C12H5F5/c1-2-3-14-4-8-16(9-5-14)17-10-6-15(7-11-17)12-13-18;13-7-1-2-8(9(14)5-7)6-3-10(15)12(17)11(16)4-6/h4-5,8-9,15,17H,2-3,6-7,10-13H2,1H3;1-5H. The minimum absolute atomic E-state index is 0.138. The second kappa shape index (κ2) is 12.8. The first kappa shape index (κ1) is 26.8. The van der Waals surface area contributed by atoms with Crippen molar-refractivity contribution in [1.82, 2.24) is 0 Å². The van der Waals surface area contributed by atoms with Crippen molar-refractivity contribution in [3.8, 4) is 11.1 Å². The molecular weight excluding hydrogens is 462 g/mol. The van der Waals surface area contributed by atoms with Gasteiger partial charge in [-0.3, -0.25) is 4.39 Å². The Morgan fingerprint density at radius 2 is 1.37 bits per heavy atom. The Labute approximate surface area is 203 Å². The van der Waals surface area contributed by atoms with Gasteiger partial charge in [-0.15, -0.1) is 0 Å². The molecule has 0 N–H and O–H groups in total. The monoisotopic (exact) mass is 492 g/mol. The van der Waals surface area contributed by atoms with Crippen LogP contribution in [0.3, 0.4) is 0 Å². The van der Waals surface area contributed by atoms with Crippen molar-refractivity contribution < 1.29 is 26.3 Å². The van der Waals surface area contributed by atoms with Crippen LogP contribution in [0.2, 0.25) is 0 Å². The Balaban J connectivity index is 0.000000196. The van der Waals surface area contributed by atoms with E-state index >= 15 is 0 Å². The van der Waals surface area contributed by atoms with Crippen molar-refractivity contribution in [2.24, 2.45) is 5.92 Å². The zero-order valence-corrected chi connectivity index (χ0v) is 19.8. The van der Waals surface area contributed by atoms with E-state index in [1.54, 1.807) is 0 Å². The number of halogens is 6. The predicted molar refractivity (Wildman–Crippen MR) is 127 cm³/mol. The Bertz CT molecular complexity index is 1060. The summed E-state index contributed by atoms with van der Waals surface area (Å²) in [5, 5.41) is 0. The summed E-state index contributed by atoms with van der Waals surface area (Å²) in [5.41, 5.74) is 2.55. The van der Waals surface area contributed by atoms with E-state index in [1.807, 2.05) is 0 Å². The molecule has 1 saturated carbocycles. The molecular formula is C29H30F6. The maximum absolute atomic E-state index is 13.3. The van der Waals surface area contributed by atoms with E-state index in [9.17, 15) is 26.3 Å². The lowest BCUT2D eigenvalue weighted by atomic mass is 9.77. The summed E-state index contributed by atoms with van der Waals surface area (Å²) in [6.07, 6.45) is 8.10. The van der Waals surface area contributed by atoms with E-state index in [2.05, 4.69) is 31.2 Å². The quantitative estimate of drug-likeness (QED) is 0.238. The fourth-order valence-electron chi connectivity index (χ4n) is 4.62. The molecule has 0 bridgehead atoms. The highest BCUT2D eigenvalue weighted by Gasteiger charge is 2.22. The lowest BCUT2D eigenvalue weighted by molar-refractivity contribution is 0.283. The summed E-state index contributed by atoms with van der Waals surface area (Å²) in [6, 6.07) is 13.0. The zero-order chi connectivity index (χ0) is 25.4. The Kier molecular flexibility index (Phi) is 9.82. The third-order valence-electron chi connectivity index (χ3n) is 6.58. The summed E-state index contributed by atoms with van der Waals surface area (Å²) in [7, 11) is 0. The van der Waals surface area contributed by atoms with E-state index in [4.69, 9.17) is 0 Å². The summed E-state index contributed by atoms with van der Waals surface area (Å²) in [6.45, 7) is 2.08. The SMILES string of the molecule is CCCc1ccc(C2CCC(CCF)CC2)cc1.Fc1ccc(-c2cc(F)c(F)c(F)c2)c(F)c1. The number of aryl methyl sites for hydroxylation is 1. The van der Waals surface area contributed by atoms with Crippen molar-refractivity contribution in [2.75, 3.05) is 6.67 Å². The lowest BCUT2D eigenvalue weighted by Gasteiger charge is -2.28. The molecule has 3 aromatic rings. The van der Waals surface area contributed by atoms with Gasteiger partial charge in [0.1, 0.15) is 11.6 Å². The Morgan fingerprint density at radius 1 is 0.743 bits per heavy atom. The molecule has 0 aromatic heterocycles. The van der Waals surface area contributed by atoms with Gasteiger partial charge in [-0.05, 0) is 91.3 Å². The van der Waals surface area contributed by atoms with Gasteiger partial charge >= 0.3 is 0 Å². The summed E-state index contributed by atoms with van der Waals surface area (Å²) in [5.74, 6) is -4.91. The fraction of sp³-hybridized carbons (Fsp3) is 0.379. The van der Waals surface area contributed by atoms with Crippen molar-refractivity contribution in [3.05, 3.63) is 94.8 Å². The summed E-state index contributed by atoms with van der Waals surface area (Å²) < 4.78 is 76.8. The van der Waals surface area contributed by atoms with Crippen LogP contribution in [0.4, 0.5) is 26.3 Å². The Morgan fingerprint density at radius 3 is 1.91 bits per heavy atom. The van der Waals surface area contributed by atoms with Crippen LogP contribution in [-0.2, 0) is 6.42 Å². The smallest absolute Gasteiger partial charge is 0.194 e. The van der Waals surface area contributed by atoms with E-state index in [0.29, 0.717) is 24.1 Å². The molecule has 1 aliphatic carbocycles. The molecule has 1 fully saturated rings. The van der Waals surface area contributed by atoms with Gasteiger partial charge in [0.25, 0.3) is 0 Å². The van der Waals surface area contributed by atoms with Crippen LogP contribution >= 0.6 is 0 Å². The van der Waals surface area contributed by atoms with Gasteiger partial charge < -0.3 is 0 Å². The van der Waals surface area contributed by atoms with Crippen LogP contribution in [-0.4, -0.2) is 6.67 Å². The maximum atomic E-state index is 13.3. The molecule has 4 rings (SSSR count). The van der Waals surface area contributed by atoms with Crippen LogP contribution in [0.25, 0.3) is 11.1 Å². The van der Waals surface area contributed by atoms with Crippen LogP contribution < -0.4 is 0 Å². The van der Waals surface area contributed by atoms with Gasteiger partial charge in [-0.25, -0.2) is 22.0 Å². The first-order chi connectivity index (χ1) is 16.8. The highest BCUT2D eigenvalue weighted by molar-refractivity contribution is 5.64. The number of rotatable bonds is 6. The van der Waals surface area contributed by atoms with Crippen LogP contribution in [0.5, 0.6) is 0 Å². The molecule has 0 heterocycles. The zero-order valence-electron chi connectivity index (χ0n) is 19.8. The van der Waals surface area contributed by atoms with E-state index in [1.165, 1.54) is 49.7 Å². The second-order valence-corrected chi connectivity index (χ2v) is 9.06. The predicted octanol–water partition coefficient (Wildman–Crippen LogP) is 9.32. The van der Waals surface area contributed by atoms with Crippen molar-refractivity contribution in [1.29, 1.82) is 0 Å². The van der Waals surface area contributed by atoms with E-state index in [-0.39, 0.29) is 17.8 Å². The number of hydrogen-bond donors (Lipinski definition) is 0. The lowest BCUT2D eigenvalue weighted by Crippen LogP contribution is -2.13. The topological polar surface area (TPSA) is 0 Å². The largest absolute Gasteiger partial charge is 0.251 e. The van der Waals surface area contributed by atoms with Gasteiger partial charge in [0, 0.05) is 11.6 Å². The molecule has 1 aliphatic rings. The average Bonchev–Trinajstić information content (AvgIpc) is 2.84. The molecule has 188 valence electrons. The summed E-state index contributed by atoms with van der Waals surface area (Å²) in [4.78, 5) is 0. The van der Waals surface area contributed by atoms with Gasteiger partial charge in [0.15, 0.2) is 17.5 Å². The molecule has 0 unspecified atom stereocenters. The highest BCUT2D eigenvalue weighted by Crippen LogP contribution is 2.37. The van der Waals surface area contributed by atoms with E-state index < -0.39 is 29.1 Å². The van der Waals surface area contributed by atoms with Crippen molar-refractivity contribution >= 4 is 0 Å². The van der Waals surface area contributed by atoms with Crippen molar-refractivity contribution in [2.45, 2.75) is 57.8 Å². The number of hydrogen-bond acceptors (Lipinski definition) is 0. The molecule has 0 spiro atoms. The van der Waals surface area contributed by atoms with Gasteiger partial charge in [-0.2, -0.15) is 0 Å². The third-order valence-corrected chi connectivity index (χ3v) is 6.58. The molecule has 0 saturated heterocycles. The van der Waals surface area contributed by atoms with Gasteiger partial charge in [0.2, 0.25) is 0 Å². The number of benzene rings is 3. The second-order valence-electron chi connectivity index (χ2n) is 9.06. The third kappa shape index (κ3) is 7.36. The van der Waals surface area contributed by atoms with Crippen LogP contribution in [0.1, 0.15) is 62.5 Å². The first-order valence-corrected chi connectivity index (χ1v) is 12.1. The molecule has 0 nitrogen and oxygen atoms in total. The molecule has 0 amide bonds. The molecule has 6 heteroatoms. The fourth-order valence-corrected chi connectivity index (χ4v) is 4.62. The highest BCUT2D eigenvalue weighted by atomic mass is 19.2. The maximum Gasteiger partial charge on any atom is 0.194 e. The molecule has 0 aliphatic heterocycles. The van der Waals surface area contributed by atoms with Crippen LogP contribution in [0.15, 0.2) is 54.6 Å². The average molecular weight is 493 g/mol. The van der Waals surface area contributed by atoms with Crippen molar-refractivity contribution in [3.63, 3.8) is 0 Å². The first-order valence-electron chi connectivity index (χ1n) is 12.1. The molecule has 0 atom stereocenters. The van der Waals surface area contributed by atoms with E-state index in [0.717, 1.165) is 24.5 Å². The van der Waals surface area contributed by atoms with Gasteiger partial charge in [0.05, 0.1) is 6.67 Å². The minimum atomic E-state index is -1.63. The van der Waals surface area contributed by atoms with Crippen LogP contribution in [0, 0.1) is 35.0 Å². The summed E-state index contributed by atoms with van der Waals surface area (Å²) >= 11 is 0. The molecule has 35 heavy (non-hydrogen) atoms.